The van der Waals surface area contributed by atoms with Gasteiger partial charge in [-0.2, -0.15) is 0 Å². The number of ether oxygens (including phenoxy) is 2. The lowest BCUT2D eigenvalue weighted by atomic mass is 10.1. The number of carbonyl (C=O) groups is 4. The Balaban J connectivity index is 1.71. The number of benzene rings is 3. The lowest BCUT2D eigenvalue weighted by Crippen LogP contribution is -2.20. The average Bonchev–Trinajstić information content (AvgIpc) is 2.81. The second-order valence-corrected chi connectivity index (χ2v) is 6.65. The monoisotopic (exact) mass is 434 g/mol. The quantitative estimate of drug-likeness (QED) is 0.514. The van der Waals surface area contributed by atoms with E-state index in [1.165, 1.54) is 48.5 Å². The third-order valence-electron chi connectivity index (χ3n) is 4.46. The Bertz CT molecular complexity index is 1020. The van der Waals surface area contributed by atoms with Gasteiger partial charge in [0.2, 0.25) is 12.2 Å². The fourth-order valence-electron chi connectivity index (χ4n) is 2.87. The van der Waals surface area contributed by atoms with Gasteiger partial charge in [0.25, 0.3) is 0 Å². The zero-order chi connectivity index (χ0) is 23.1. The van der Waals surface area contributed by atoms with Gasteiger partial charge in [0.05, 0.1) is 11.1 Å². The van der Waals surface area contributed by atoms with E-state index >= 15 is 0 Å². The van der Waals surface area contributed by atoms with Gasteiger partial charge in [0.1, 0.15) is 0 Å². The van der Waals surface area contributed by atoms with Crippen LogP contribution in [0.2, 0.25) is 0 Å². The van der Waals surface area contributed by atoms with Crippen LogP contribution in [0.1, 0.15) is 44.1 Å². The molecule has 0 radical (unpaired) electrons. The molecule has 2 atom stereocenters. The van der Waals surface area contributed by atoms with Crippen molar-refractivity contribution in [3.05, 3.63) is 107 Å². The van der Waals surface area contributed by atoms with Crippen LogP contribution in [0.3, 0.4) is 0 Å². The van der Waals surface area contributed by atoms with Crippen molar-refractivity contribution in [3.63, 3.8) is 0 Å². The Labute approximate surface area is 182 Å². The third kappa shape index (κ3) is 5.37. The first-order chi connectivity index (χ1) is 15.4. The van der Waals surface area contributed by atoms with Crippen LogP contribution in [0.4, 0.5) is 0 Å². The molecule has 2 N–H and O–H groups in total. The Morgan fingerprint density at radius 3 is 1.12 bits per heavy atom. The van der Waals surface area contributed by atoms with Crippen LogP contribution in [-0.2, 0) is 19.1 Å². The molecular formula is C24H18O8. The number of hydrogen-bond acceptors (Lipinski definition) is 6. The molecule has 3 aromatic carbocycles. The Morgan fingerprint density at radius 2 is 0.844 bits per heavy atom. The SMILES string of the molecule is O=C(OC(C(=O)O)c1ccccc1)c1ccc(C(=O)OC(C(=O)O)c2ccccc2)cc1. The normalized spacial score (nSPS) is 12.2. The highest BCUT2D eigenvalue weighted by Crippen LogP contribution is 2.22. The van der Waals surface area contributed by atoms with Crippen LogP contribution in [0.25, 0.3) is 0 Å². The highest BCUT2D eigenvalue weighted by molar-refractivity contribution is 5.95. The summed E-state index contributed by atoms with van der Waals surface area (Å²) < 4.78 is 10.2. The van der Waals surface area contributed by atoms with E-state index in [2.05, 4.69) is 0 Å². The molecule has 0 saturated heterocycles. The summed E-state index contributed by atoms with van der Waals surface area (Å²) in [5, 5.41) is 18.8. The molecule has 2 unspecified atom stereocenters. The van der Waals surface area contributed by atoms with Crippen molar-refractivity contribution in [2.75, 3.05) is 0 Å². The fourth-order valence-corrected chi connectivity index (χ4v) is 2.87. The van der Waals surface area contributed by atoms with E-state index in [1.54, 1.807) is 36.4 Å². The summed E-state index contributed by atoms with van der Waals surface area (Å²) in [6, 6.07) is 21.1. The van der Waals surface area contributed by atoms with E-state index < -0.39 is 36.1 Å². The number of rotatable bonds is 8. The number of esters is 2. The number of carbonyl (C=O) groups excluding carboxylic acids is 2. The molecule has 3 rings (SSSR count). The number of carboxylic acids is 2. The predicted molar refractivity (Wildman–Crippen MR) is 111 cm³/mol. The molecule has 0 aliphatic carbocycles. The standard InChI is InChI=1S/C24H18O8/c25-21(26)19(15-7-3-1-4-8-15)31-23(29)17-11-13-18(14-12-17)24(30)32-20(22(27)28)16-9-5-2-6-10-16/h1-14,19-20H,(H,25,26)(H,27,28). The summed E-state index contributed by atoms with van der Waals surface area (Å²) in [4.78, 5) is 47.8. The summed E-state index contributed by atoms with van der Waals surface area (Å²) in [6.07, 6.45) is -2.98. The van der Waals surface area contributed by atoms with Crippen molar-refractivity contribution >= 4 is 23.9 Å². The van der Waals surface area contributed by atoms with Crippen molar-refractivity contribution in [2.45, 2.75) is 12.2 Å². The van der Waals surface area contributed by atoms with E-state index in [-0.39, 0.29) is 11.1 Å². The van der Waals surface area contributed by atoms with Gasteiger partial charge in [0.15, 0.2) is 0 Å². The molecule has 3 aromatic rings. The maximum atomic E-state index is 12.4. The number of aliphatic carboxylic acids is 2. The maximum absolute atomic E-state index is 12.4. The summed E-state index contributed by atoms with van der Waals surface area (Å²) >= 11 is 0. The van der Waals surface area contributed by atoms with Crippen molar-refractivity contribution in [1.82, 2.24) is 0 Å². The second kappa shape index (κ2) is 10.0. The minimum absolute atomic E-state index is 0.0153. The second-order valence-electron chi connectivity index (χ2n) is 6.65. The van der Waals surface area contributed by atoms with E-state index in [0.717, 1.165) is 0 Å². The highest BCUT2D eigenvalue weighted by Gasteiger charge is 2.26. The highest BCUT2D eigenvalue weighted by atomic mass is 16.6. The van der Waals surface area contributed by atoms with Crippen LogP contribution in [0.5, 0.6) is 0 Å². The predicted octanol–water partition coefficient (Wildman–Crippen LogP) is 3.65. The lowest BCUT2D eigenvalue weighted by molar-refractivity contribution is -0.148. The zero-order valence-corrected chi connectivity index (χ0v) is 16.6. The van der Waals surface area contributed by atoms with Gasteiger partial charge in [-0.25, -0.2) is 19.2 Å². The molecule has 8 heteroatoms. The number of hydrogen-bond donors (Lipinski definition) is 2. The molecule has 0 saturated carbocycles. The van der Waals surface area contributed by atoms with Crippen molar-refractivity contribution < 1.29 is 38.9 Å². The van der Waals surface area contributed by atoms with Crippen LogP contribution >= 0.6 is 0 Å². The molecular weight excluding hydrogens is 416 g/mol. The third-order valence-corrected chi connectivity index (χ3v) is 4.46. The number of carboxylic acid groups (broad SMARTS) is 2. The average molecular weight is 434 g/mol. The van der Waals surface area contributed by atoms with E-state index in [1.807, 2.05) is 0 Å². The van der Waals surface area contributed by atoms with Gasteiger partial charge in [0, 0.05) is 11.1 Å². The van der Waals surface area contributed by atoms with E-state index in [4.69, 9.17) is 9.47 Å². The smallest absolute Gasteiger partial charge is 0.349 e. The topological polar surface area (TPSA) is 127 Å². The molecule has 162 valence electrons. The van der Waals surface area contributed by atoms with Crippen LogP contribution in [0.15, 0.2) is 84.9 Å². The fraction of sp³-hybridized carbons (Fsp3) is 0.0833. The van der Waals surface area contributed by atoms with Gasteiger partial charge in [-0.05, 0) is 24.3 Å². The molecule has 0 heterocycles. The first-order valence-corrected chi connectivity index (χ1v) is 9.44. The first-order valence-electron chi connectivity index (χ1n) is 9.44. The van der Waals surface area contributed by atoms with E-state index in [0.29, 0.717) is 11.1 Å². The zero-order valence-electron chi connectivity index (χ0n) is 16.6. The summed E-state index contributed by atoms with van der Waals surface area (Å²) in [5.74, 6) is -4.45. The molecule has 0 amide bonds. The first kappa shape index (κ1) is 22.2. The molecule has 32 heavy (non-hydrogen) atoms. The largest absolute Gasteiger partial charge is 0.478 e. The minimum Gasteiger partial charge on any atom is -0.478 e. The van der Waals surface area contributed by atoms with Gasteiger partial charge < -0.3 is 19.7 Å². The molecule has 0 aliphatic rings. The summed E-state index contributed by atoms with van der Waals surface area (Å²) in [7, 11) is 0. The summed E-state index contributed by atoms with van der Waals surface area (Å²) in [6.45, 7) is 0. The van der Waals surface area contributed by atoms with Gasteiger partial charge >= 0.3 is 23.9 Å². The van der Waals surface area contributed by atoms with Crippen LogP contribution < -0.4 is 0 Å². The molecule has 8 nitrogen and oxygen atoms in total. The van der Waals surface area contributed by atoms with Crippen molar-refractivity contribution in [3.8, 4) is 0 Å². The minimum atomic E-state index is -1.49. The van der Waals surface area contributed by atoms with Crippen molar-refractivity contribution in [2.24, 2.45) is 0 Å². The maximum Gasteiger partial charge on any atom is 0.349 e. The Kier molecular flexibility index (Phi) is 6.97. The Hall–Kier alpha value is -4.46. The Morgan fingerprint density at radius 1 is 0.531 bits per heavy atom. The molecule has 0 aromatic heterocycles. The lowest BCUT2D eigenvalue weighted by Gasteiger charge is -2.15. The molecule has 0 fully saturated rings. The van der Waals surface area contributed by atoms with Gasteiger partial charge in [-0.15, -0.1) is 0 Å². The molecule has 0 bridgehead atoms. The molecule has 0 spiro atoms. The van der Waals surface area contributed by atoms with Crippen LogP contribution in [-0.4, -0.2) is 34.1 Å². The van der Waals surface area contributed by atoms with Gasteiger partial charge in [-0.1, -0.05) is 60.7 Å². The van der Waals surface area contributed by atoms with Crippen molar-refractivity contribution in [1.29, 1.82) is 0 Å². The summed E-state index contributed by atoms with van der Waals surface area (Å²) in [5.41, 5.74) is 0.631. The molecule has 0 aliphatic heterocycles. The van der Waals surface area contributed by atoms with E-state index in [9.17, 15) is 29.4 Å². The van der Waals surface area contributed by atoms with Gasteiger partial charge in [-0.3, -0.25) is 0 Å². The van der Waals surface area contributed by atoms with Crippen LogP contribution in [0, 0.1) is 0 Å².